The van der Waals surface area contributed by atoms with Crippen molar-refractivity contribution in [2.24, 2.45) is 0 Å². The third kappa shape index (κ3) is 4.04. The third-order valence-electron chi connectivity index (χ3n) is 2.96. The van der Waals surface area contributed by atoms with Crippen LogP contribution in [0.2, 0.25) is 5.02 Å². The molecule has 2 aromatic rings. The van der Waals surface area contributed by atoms with Crippen LogP contribution in [0.25, 0.3) is 0 Å². The molecular weight excluding hydrogens is 320 g/mol. The SMILES string of the molecule is CCCOc1c(Cl)cc(C(=O)Nc2ncccc2O)cc1OC. The number of aromatic nitrogens is 1. The minimum Gasteiger partial charge on any atom is -0.504 e. The van der Waals surface area contributed by atoms with E-state index in [0.29, 0.717) is 18.1 Å². The maximum atomic E-state index is 12.3. The average Bonchev–Trinajstić information content (AvgIpc) is 2.55. The first kappa shape index (κ1) is 16.9. The molecule has 0 radical (unpaired) electrons. The zero-order chi connectivity index (χ0) is 16.8. The largest absolute Gasteiger partial charge is 0.504 e. The summed E-state index contributed by atoms with van der Waals surface area (Å²) in [5, 5.41) is 12.4. The van der Waals surface area contributed by atoms with Gasteiger partial charge in [-0.05, 0) is 30.7 Å². The van der Waals surface area contributed by atoms with Gasteiger partial charge in [-0.25, -0.2) is 4.98 Å². The normalized spacial score (nSPS) is 10.2. The number of hydrogen-bond acceptors (Lipinski definition) is 5. The van der Waals surface area contributed by atoms with E-state index in [9.17, 15) is 9.90 Å². The molecule has 0 bridgehead atoms. The highest BCUT2D eigenvalue weighted by molar-refractivity contribution is 6.32. The van der Waals surface area contributed by atoms with Gasteiger partial charge in [0.25, 0.3) is 5.91 Å². The molecule has 1 amide bonds. The van der Waals surface area contributed by atoms with Crippen molar-refractivity contribution in [1.29, 1.82) is 0 Å². The van der Waals surface area contributed by atoms with Crippen molar-refractivity contribution in [1.82, 2.24) is 4.98 Å². The molecule has 0 fully saturated rings. The number of ether oxygens (including phenoxy) is 2. The van der Waals surface area contributed by atoms with E-state index in [0.717, 1.165) is 6.42 Å². The van der Waals surface area contributed by atoms with Crippen molar-refractivity contribution < 1.29 is 19.4 Å². The Morgan fingerprint density at radius 1 is 1.43 bits per heavy atom. The molecule has 0 spiro atoms. The minimum atomic E-state index is -0.471. The number of carbonyl (C=O) groups is 1. The first-order valence-electron chi connectivity index (χ1n) is 7.02. The number of pyridine rings is 1. The highest BCUT2D eigenvalue weighted by Crippen LogP contribution is 2.36. The van der Waals surface area contributed by atoms with Crippen molar-refractivity contribution in [2.75, 3.05) is 19.0 Å². The molecule has 6 nitrogen and oxygen atoms in total. The van der Waals surface area contributed by atoms with Gasteiger partial charge in [0.15, 0.2) is 23.1 Å². The summed E-state index contributed by atoms with van der Waals surface area (Å²) < 4.78 is 10.8. The molecule has 0 aliphatic heterocycles. The van der Waals surface area contributed by atoms with E-state index in [1.165, 1.54) is 31.5 Å². The van der Waals surface area contributed by atoms with Crippen LogP contribution < -0.4 is 14.8 Å². The Bertz CT molecular complexity index is 706. The van der Waals surface area contributed by atoms with Crippen molar-refractivity contribution in [3.05, 3.63) is 41.0 Å². The Hall–Kier alpha value is -2.47. The van der Waals surface area contributed by atoms with Gasteiger partial charge in [0.05, 0.1) is 18.7 Å². The molecule has 0 unspecified atom stereocenters. The quantitative estimate of drug-likeness (QED) is 0.844. The van der Waals surface area contributed by atoms with Crippen LogP contribution in [0, 0.1) is 0 Å². The number of benzene rings is 1. The van der Waals surface area contributed by atoms with Crippen molar-refractivity contribution in [3.63, 3.8) is 0 Å². The van der Waals surface area contributed by atoms with Gasteiger partial charge in [0, 0.05) is 11.8 Å². The number of halogens is 1. The summed E-state index contributed by atoms with van der Waals surface area (Å²) in [6, 6.07) is 5.99. The number of hydrogen-bond donors (Lipinski definition) is 2. The number of carbonyl (C=O) groups excluding carboxylic acids is 1. The number of methoxy groups -OCH3 is 1. The molecule has 122 valence electrons. The molecule has 1 heterocycles. The van der Waals surface area contributed by atoms with Crippen LogP contribution in [0.15, 0.2) is 30.5 Å². The van der Waals surface area contributed by atoms with Crippen LogP contribution in [0.5, 0.6) is 17.2 Å². The summed E-state index contributed by atoms with van der Waals surface area (Å²) in [5.74, 6) is 0.233. The number of aromatic hydroxyl groups is 1. The fraction of sp³-hybridized carbons (Fsp3) is 0.250. The molecular formula is C16H17ClN2O4. The Kier molecular flexibility index (Phi) is 5.65. The lowest BCUT2D eigenvalue weighted by Crippen LogP contribution is -2.13. The predicted octanol–water partition coefficient (Wildman–Crippen LogP) is 3.49. The molecule has 0 aliphatic carbocycles. The molecule has 0 aliphatic rings. The van der Waals surface area contributed by atoms with Crippen molar-refractivity contribution in [3.8, 4) is 17.2 Å². The highest BCUT2D eigenvalue weighted by Gasteiger charge is 2.17. The number of anilines is 1. The van der Waals surface area contributed by atoms with Crippen LogP contribution in [-0.2, 0) is 0 Å². The van der Waals surface area contributed by atoms with E-state index in [4.69, 9.17) is 21.1 Å². The lowest BCUT2D eigenvalue weighted by Gasteiger charge is -2.13. The molecule has 1 aromatic carbocycles. The molecule has 0 atom stereocenters. The number of amides is 1. The van der Waals surface area contributed by atoms with Crippen LogP contribution in [0.1, 0.15) is 23.7 Å². The fourth-order valence-corrected chi connectivity index (χ4v) is 2.13. The first-order chi connectivity index (χ1) is 11.1. The topological polar surface area (TPSA) is 80.7 Å². The summed E-state index contributed by atoms with van der Waals surface area (Å²) in [6.07, 6.45) is 2.28. The van der Waals surface area contributed by atoms with Gasteiger partial charge in [-0.2, -0.15) is 0 Å². The van der Waals surface area contributed by atoms with Gasteiger partial charge in [0.1, 0.15) is 0 Å². The lowest BCUT2D eigenvalue weighted by molar-refractivity contribution is 0.102. The summed E-state index contributed by atoms with van der Waals surface area (Å²) in [4.78, 5) is 16.2. The van der Waals surface area contributed by atoms with Gasteiger partial charge in [0.2, 0.25) is 0 Å². The van der Waals surface area contributed by atoms with Crippen LogP contribution in [0.4, 0.5) is 5.82 Å². The average molecular weight is 337 g/mol. The monoisotopic (exact) mass is 336 g/mol. The van der Waals surface area contributed by atoms with Crippen molar-refractivity contribution >= 4 is 23.3 Å². The van der Waals surface area contributed by atoms with Gasteiger partial charge >= 0.3 is 0 Å². The molecule has 2 N–H and O–H groups in total. The molecule has 0 saturated heterocycles. The number of rotatable bonds is 6. The summed E-state index contributed by atoms with van der Waals surface area (Å²) in [6.45, 7) is 2.46. The van der Waals surface area contributed by atoms with Gasteiger partial charge in [-0.15, -0.1) is 0 Å². The van der Waals surface area contributed by atoms with E-state index in [1.807, 2.05) is 6.92 Å². The van der Waals surface area contributed by atoms with Crippen LogP contribution >= 0.6 is 11.6 Å². The van der Waals surface area contributed by atoms with Gasteiger partial charge in [-0.1, -0.05) is 18.5 Å². The molecule has 2 rings (SSSR count). The fourth-order valence-electron chi connectivity index (χ4n) is 1.87. The Labute approximate surface area is 139 Å². The standard InChI is InChI=1S/C16H17ClN2O4/c1-3-7-23-14-11(17)8-10(9-13(14)22-2)16(21)19-15-12(20)5-4-6-18-15/h4-6,8-9,20H,3,7H2,1-2H3,(H,18,19,21). The van der Waals surface area contributed by atoms with E-state index < -0.39 is 5.91 Å². The van der Waals surface area contributed by atoms with E-state index in [2.05, 4.69) is 10.3 Å². The third-order valence-corrected chi connectivity index (χ3v) is 3.24. The van der Waals surface area contributed by atoms with Gasteiger partial charge in [-0.3, -0.25) is 4.79 Å². The number of nitrogens with zero attached hydrogens (tertiary/aromatic N) is 1. The summed E-state index contributed by atoms with van der Waals surface area (Å²) in [5.41, 5.74) is 0.265. The highest BCUT2D eigenvalue weighted by atomic mass is 35.5. The smallest absolute Gasteiger partial charge is 0.257 e. The van der Waals surface area contributed by atoms with Crippen molar-refractivity contribution in [2.45, 2.75) is 13.3 Å². The van der Waals surface area contributed by atoms with Crippen LogP contribution in [-0.4, -0.2) is 29.7 Å². The zero-order valence-electron chi connectivity index (χ0n) is 12.8. The van der Waals surface area contributed by atoms with E-state index in [1.54, 1.807) is 6.07 Å². The van der Waals surface area contributed by atoms with Gasteiger partial charge < -0.3 is 19.9 Å². The second-order valence-corrected chi connectivity index (χ2v) is 5.07. The first-order valence-corrected chi connectivity index (χ1v) is 7.40. The summed E-state index contributed by atoms with van der Waals surface area (Å²) >= 11 is 6.18. The maximum Gasteiger partial charge on any atom is 0.257 e. The van der Waals surface area contributed by atoms with E-state index >= 15 is 0 Å². The Morgan fingerprint density at radius 2 is 2.22 bits per heavy atom. The second-order valence-electron chi connectivity index (χ2n) is 4.66. The van der Waals surface area contributed by atoms with E-state index in [-0.39, 0.29) is 22.2 Å². The molecule has 1 aromatic heterocycles. The Morgan fingerprint density at radius 3 is 2.87 bits per heavy atom. The molecule has 0 saturated carbocycles. The Balaban J connectivity index is 2.27. The predicted molar refractivity (Wildman–Crippen MR) is 87.6 cm³/mol. The molecule has 23 heavy (non-hydrogen) atoms. The van der Waals surface area contributed by atoms with Crippen LogP contribution in [0.3, 0.4) is 0 Å². The minimum absolute atomic E-state index is 0.0684. The maximum absolute atomic E-state index is 12.3. The second kappa shape index (κ2) is 7.69. The lowest BCUT2D eigenvalue weighted by atomic mass is 10.2. The summed E-state index contributed by atoms with van der Waals surface area (Å²) in [7, 11) is 1.47. The zero-order valence-corrected chi connectivity index (χ0v) is 13.6. The number of nitrogens with one attached hydrogen (secondary N) is 1. The molecule has 7 heteroatoms.